The number of carbonyl (C=O) groups is 1. The number of rotatable bonds is 5. The van der Waals surface area contributed by atoms with Crippen molar-refractivity contribution in [2.45, 2.75) is 13.8 Å². The van der Waals surface area contributed by atoms with Crippen molar-refractivity contribution >= 4 is 34.4 Å². The Morgan fingerprint density at radius 3 is 1.32 bits per heavy atom. The SMILES string of the molecule is CC(C(C)C=O)=P(c1ccccc1)(c1ccccc1)c1ccccc1. The van der Waals surface area contributed by atoms with Crippen molar-refractivity contribution in [3.05, 3.63) is 91.0 Å². The van der Waals surface area contributed by atoms with Gasteiger partial charge in [0.1, 0.15) is 6.29 Å². The van der Waals surface area contributed by atoms with E-state index in [-0.39, 0.29) is 5.92 Å². The zero-order valence-electron chi connectivity index (χ0n) is 14.7. The molecule has 1 nitrogen and oxygen atoms in total. The van der Waals surface area contributed by atoms with Gasteiger partial charge in [-0.25, -0.2) is 0 Å². The molecule has 2 heteroatoms. The lowest BCUT2D eigenvalue weighted by Gasteiger charge is -2.33. The molecule has 1 unspecified atom stereocenters. The molecule has 0 radical (unpaired) electrons. The van der Waals surface area contributed by atoms with Gasteiger partial charge in [0.15, 0.2) is 0 Å². The van der Waals surface area contributed by atoms with Crippen LogP contribution >= 0.6 is 6.89 Å². The minimum absolute atomic E-state index is 0.103. The van der Waals surface area contributed by atoms with Crippen molar-refractivity contribution in [1.82, 2.24) is 0 Å². The van der Waals surface area contributed by atoms with Crippen molar-refractivity contribution in [2.24, 2.45) is 5.92 Å². The second kappa shape index (κ2) is 7.68. The number of carbonyl (C=O) groups excluding carboxylic acids is 1. The molecule has 0 aliphatic rings. The molecule has 3 aromatic carbocycles. The van der Waals surface area contributed by atoms with Crippen LogP contribution in [0.1, 0.15) is 13.8 Å². The maximum atomic E-state index is 11.7. The van der Waals surface area contributed by atoms with E-state index in [1.54, 1.807) is 0 Å². The van der Waals surface area contributed by atoms with Crippen LogP contribution in [0.4, 0.5) is 0 Å². The Bertz CT molecular complexity index is 780. The lowest BCUT2D eigenvalue weighted by Crippen LogP contribution is -2.31. The van der Waals surface area contributed by atoms with E-state index in [1.165, 1.54) is 21.2 Å². The molecule has 0 saturated heterocycles. The largest absolute Gasteiger partial charge is 0.303 e. The summed E-state index contributed by atoms with van der Waals surface area (Å²) in [6.07, 6.45) is 1.07. The van der Waals surface area contributed by atoms with Crippen molar-refractivity contribution in [3.63, 3.8) is 0 Å². The van der Waals surface area contributed by atoms with Crippen LogP contribution in [0.15, 0.2) is 91.0 Å². The minimum atomic E-state index is -2.03. The highest BCUT2D eigenvalue weighted by molar-refractivity contribution is 7.95. The fourth-order valence-corrected chi connectivity index (χ4v) is 8.06. The third-order valence-corrected chi connectivity index (χ3v) is 9.51. The first-order chi connectivity index (χ1) is 12.2. The molecule has 25 heavy (non-hydrogen) atoms. The maximum Gasteiger partial charge on any atom is 0.126 e. The molecule has 0 aliphatic heterocycles. The molecule has 0 N–H and O–H groups in total. The van der Waals surface area contributed by atoms with Crippen LogP contribution < -0.4 is 15.9 Å². The van der Waals surface area contributed by atoms with Gasteiger partial charge in [0.2, 0.25) is 0 Å². The zero-order chi connectivity index (χ0) is 17.7. The van der Waals surface area contributed by atoms with Gasteiger partial charge in [-0.3, -0.25) is 0 Å². The first-order valence-corrected chi connectivity index (χ1v) is 10.4. The van der Waals surface area contributed by atoms with E-state index in [0.717, 1.165) is 6.29 Å². The van der Waals surface area contributed by atoms with E-state index >= 15 is 0 Å². The van der Waals surface area contributed by atoms with Crippen LogP contribution in [0.3, 0.4) is 0 Å². The highest BCUT2D eigenvalue weighted by Crippen LogP contribution is 2.47. The van der Waals surface area contributed by atoms with Crippen LogP contribution in [0.25, 0.3) is 0 Å². The van der Waals surface area contributed by atoms with Crippen LogP contribution in [0, 0.1) is 5.92 Å². The second-order valence-corrected chi connectivity index (χ2v) is 9.84. The van der Waals surface area contributed by atoms with E-state index in [1.807, 2.05) is 25.1 Å². The zero-order valence-corrected chi connectivity index (χ0v) is 15.6. The van der Waals surface area contributed by atoms with E-state index in [9.17, 15) is 4.79 Å². The number of aldehydes is 1. The Kier molecular flexibility index (Phi) is 5.36. The Morgan fingerprint density at radius 1 is 0.720 bits per heavy atom. The molecular weight excluding hydrogens is 323 g/mol. The predicted molar refractivity (Wildman–Crippen MR) is 111 cm³/mol. The minimum Gasteiger partial charge on any atom is -0.303 e. The standard InChI is InChI=1S/C23H23OP/c1-19(18-24)20(2)25(21-12-6-3-7-13-21,22-14-8-4-9-15-22)23-16-10-5-11-17-23/h3-19H,1-2H3. The van der Waals surface area contributed by atoms with Gasteiger partial charge in [0.25, 0.3) is 0 Å². The Hall–Kier alpha value is -2.37. The predicted octanol–water partition coefficient (Wildman–Crippen LogP) is 4.01. The summed E-state index contributed by atoms with van der Waals surface area (Å²) in [4.78, 5) is 11.7. The fourth-order valence-electron chi connectivity index (χ4n) is 3.42. The lowest BCUT2D eigenvalue weighted by molar-refractivity contribution is -0.109. The molecule has 0 amide bonds. The van der Waals surface area contributed by atoms with Crippen LogP contribution in [-0.2, 0) is 4.79 Å². The van der Waals surface area contributed by atoms with Crippen molar-refractivity contribution in [1.29, 1.82) is 0 Å². The summed E-state index contributed by atoms with van der Waals surface area (Å²) < 4.78 is 0. The van der Waals surface area contributed by atoms with Gasteiger partial charge >= 0.3 is 0 Å². The van der Waals surface area contributed by atoms with Crippen LogP contribution in [0.5, 0.6) is 0 Å². The molecular formula is C23H23OP. The Balaban J connectivity index is 2.52. The summed E-state index contributed by atoms with van der Waals surface area (Å²) in [7, 11) is 0. The summed E-state index contributed by atoms with van der Waals surface area (Å²) in [6.45, 7) is 2.13. The number of hydrogen-bond acceptors (Lipinski definition) is 1. The van der Waals surface area contributed by atoms with Crippen LogP contribution in [-0.4, -0.2) is 11.6 Å². The van der Waals surface area contributed by atoms with Gasteiger partial charge < -0.3 is 4.79 Å². The van der Waals surface area contributed by atoms with Gasteiger partial charge in [-0.05, 0) is 29.7 Å². The molecule has 126 valence electrons. The molecule has 0 aliphatic carbocycles. The first kappa shape index (κ1) is 17.5. The van der Waals surface area contributed by atoms with Gasteiger partial charge in [-0.1, -0.05) is 103 Å². The highest BCUT2D eigenvalue weighted by atomic mass is 31.2. The molecule has 0 saturated carbocycles. The molecule has 0 fully saturated rings. The summed E-state index contributed by atoms with van der Waals surface area (Å²) in [6, 6.07) is 31.9. The molecule has 3 aromatic rings. The monoisotopic (exact) mass is 346 g/mol. The quantitative estimate of drug-likeness (QED) is 0.504. The topological polar surface area (TPSA) is 17.1 Å². The third-order valence-electron chi connectivity index (χ3n) is 4.82. The van der Waals surface area contributed by atoms with E-state index in [4.69, 9.17) is 0 Å². The first-order valence-electron chi connectivity index (χ1n) is 8.56. The summed E-state index contributed by atoms with van der Waals surface area (Å²) in [5.41, 5.74) is 0. The van der Waals surface area contributed by atoms with Crippen molar-refractivity contribution in [2.75, 3.05) is 0 Å². The van der Waals surface area contributed by atoms with E-state index < -0.39 is 6.89 Å². The van der Waals surface area contributed by atoms with Crippen molar-refractivity contribution < 1.29 is 4.79 Å². The molecule has 1 atom stereocenters. The molecule has 0 spiro atoms. The van der Waals surface area contributed by atoms with E-state index in [0.29, 0.717) is 0 Å². The summed E-state index contributed by atoms with van der Waals surface area (Å²) in [5.74, 6) is -0.103. The maximum absolute atomic E-state index is 11.7. The smallest absolute Gasteiger partial charge is 0.126 e. The normalized spacial score (nSPS) is 12.4. The van der Waals surface area contributed by atoms with Gasteiger partial charge in [0.05, 0.1) is 0 Å². The van der Waals surface area contributed by atoms with Gasteiger partial charge in [0, 0.05) is 5.92 Å². The van der Waals surface area contributed by atoms with Gasteiger partial charge in [-0.2, -0.15) is 0 Å². The van der Waals surface area contributed by atoms with E-state index in [2.05, 4.69) is 79.7 Å². The average Bonchev–Trinajstić information content (AvgIpc) is 2.70. The van der Waals surface area contributed by atoms with Crippen molar-refractivity contribution in [3.8, 4) is 0 Å². The summed E-state index contributed by atoms with van der Waals surface area (Å²) in [5, 5.41) is 5.11. The average molecular weight is 346 g/mol. The van der Waals surface area contributed by atoms with Gasteiger partial charge in [-0.15, -0.1) is 0 Å². The summed E-state index contributed by atoms with van der Waals surface area (Å²) >= 11 is 0. The lowest BCUT2D eigenvalue weighted by atomic mass is 10.1. The molecule has 0 aromatic heterocycles. The second-order valence-electron chi connectivity index (χ2n) is 6.24. The molecule has 0 bridgehead atoms. The third kappa shape index (κ3) is 3.13. The van der Waals surface area contributed by atoms with Crippen LogP contribution in [0.2, 0.25) is 0 Å². The highest BCUT2D eigenvalue weighted by Gasteiger charge is 2.29. The molecule has 3 rings (SSSR count). The Labute approximate surface area is 150 Å². The fraction of sp³-hybridized carbons (Fsp3) is 0.130. The number of benzene rings is 3. The number of hydrogen-bond donors (Lipinski definition) is 0. The molecule has 0 heterocycles. The Morgan fingerprint density at radius 2 is 1.04 bits per heavy atom.